The van der Waals surface area contributed by atoms with Crippen molar-refractivity contribution >= 4 is 11.7 Å². The van der Waals surface area contributed by atoms with Crippen molar-refractivity contribution in [2.75, 3.05) is 5.32 Å². The quantitative estimate of drug-likeness (QED) is 0.756. The van der Waals surface area contributed by atoms with Crippen LogP contribution in [0.25, 0.3) is 0 Å². The van der Waals surface area contributed by atoms with Gasteiger partial charge in [0.2, 0.25) is 0 Å². The Morgan fingerprint density at radius 2 is 2.12 bits per heavy atom. The minimum Gasteiger partial charge on any atom is -0.331 e. The number of nitrogens with one attached hydrogen (secondary N) is 2. The fourth-order valence-corrected chi connectivity index (χ4v) is 1.14. The number of amides is 2. The summed E-state index contributed by atoms with van der Waals surface area (Å²) < 4.78 is 12.9. The summed E-state index contributed by atoms with van der Waals surface area (Å²) in [4.78, 5) is 11.6. The van der Waals surface area contributed by atoms with Crippen LogP contribution in [0.5, 0.6) is 0 Å². The first kappa shape index (κ1) is 13.4. The molecule has 2 amide bonds. The van der Waals surface area contributed by atoms with Gasteiger partial charge in [0.25, 0.3) is 0 Å². The maximum Gasteiger partial charge on any atom is 0.319 e. The molecule has 1 atom stereocenters. The van der Waals surface area contributed by atoms with Gasteiger partial charge in [0.05, 0.1) is 5.54 Å². The number of urea groups is 1. The topological polar surface area (TPSA) is 67.1 Å². The number of hydrogen-bond acceptors (Lipinski definition) is 2. The van der Waals surface area contributed by atoms with Gasteiger partial charge in [-0.25, -0.2) is 9.18 Å². The Kier molecular flexibility index (Phi) is 4.07. The average Bonchev–Trinajstić information content (AvgIpc) is 2.15. The predicted octanol–water partition coefficient (Wildman–Crippen LogP) is 2.07. The van der Waals surface area contributed by atoms with Gasteiger partial charge in [-0.15, -0.1) is 0 Å². The molecular weight excluding hydrogens is 221 g/mol. The predicted molar refractivity (Wildman–Crippen MR) is 66.3 cm³/mol. The van der Waals surface area contributed by atoms with Crippen LogP contribution in [0.3, 0.4) is 0 Å². The lowest BCUT2D eigenvalue weighted by Gasteiger charge is -2.30. The van der Waals surface area contributed by atoms with Crippen molar-refractivity contribution in [3.8, 4) is 0 Å². The maximum absolute atomic E-state index is 12.9. The van der Waals surface area contributed by atoms with Crippen LogP contribution in [0, 0.1) is 5.82 Å². The molecule has 0 aliphatic carbocycles. The van der Waals surface area contributed by atoms with Gasteiger partial charge in [-0.3, -0.25) is 0 Å². The normalized spacial score (nSPS) is 13.0. The van der Waals surface area contributed by atoms with Crippen molar-refractivity contribution in [3.05, 3.63) is 30.1 Å². The van der Waals surface area contributed by atoms with Crippen LogP contribution < -0.4 is 16.4 Å². The first-order valence-electron chi connectivity index (χ1n) is 5.41. The molecule has 0 aromatic heterocycles. The van der Waals surface area contributed by atoms with Crippen LogP contribution in [0.1, 0.15) is 20.8 Å². The number of benzene rings is 1. The maximum atomic E-state index is 12.9. The molecule has 0 bridgehead atoms. The largest absolute Gasteiger partial charge is 0.331 e. The second-order valence-corrected chi connectivity index (χ2v) is 4.60. The van der Waals surface area contributed by atoms with Crippen molar-refractivity contribution in [3.63, 3.8) is 0 Å². The average molecular weight is 239 g/mol. The van der Waals surface area contributed by atoms with Gasteiger partial charge in [-0.2, -0.15) is 0 Å². The van der Waals surface area contributed by atoms with Crippen LogP contribution in [0.15, 0.2) is 24.3 Å². The van der Waals surface area contributed by atoms with E-state index in [0.717, 1.165) is 0 Å². The van der Waals surface area contributed by atoms with Gasteiger partial charge < -0.3 is 16.4 Å². The van der Waals surface area contributed by atoms with E-state index in [-0.39, 0.29) is 6.04 Å². The molecule has 4 nitrogen and oxygen atoms in total. The van der Waals surface area contributed by atoms with Crippen molar-refractivity contribution in [2.24, 2.45) is 5.73 Å². The molecular formula is C12H18FN3O. The number of carbonyl (C=O) groups excluding carboxylic acids is 1. The highest BCUT2D eigenvalue weighted by atomic mass is 19.1. The van der Waals surface area contributed by atoms with E-state index in [1.807, 2.05) is 20.8 Å². The Hall–Kier alpha value is -1.62. The van der Waals surface area contributed by atoms with E-state index >= 15 is 0 Å². The molecule has 94 valence electrons. The highest BCUT2D eigenvalue weighted by molar-refractivity contribution is 5.89. The summed E-state index contributed by atoms with van der Waals surface area (Å²) >= 11 is 0. The minimum atomic E-state index is -0.530. The molecule has 1 aromatic carbocycles. The zero-order valence-corrected chi connectivity index (χ0v) is 10.3. The van der Waals surface area contributed by atoms with E-state index in [4.69, 9.17) is 5.73 Å². The fraction of sp³-hybridized carbons (Fsp3) is 0.417. The molecule has 0 radical (unpaired) electrons. The number of rotatable bonds is 3. The smallest absolute Gasteiger partial charge is 0.319 e. The molecule has 1 rings (SSSR count). The van der Waals surface area contributed by atoms with E-state index in [1.54, 1.807) is 6.07 Å². The summed E-state index contributed by atoms with van der Waals surface area (Å²) in [5.41, 5.74) is 5.61. The fourth-order valence-electron chi connectivity index (χ4n) is 1.14. The van der Waals surface area contributed by atoms with E-state index in [2.05, 4.69) is 10.6 Å². The molecule has 4 N–H and O–H groups in total. The summed E-state index contributed by atoms with van der Waals surface area (Å²) in [5, 5.41) is 5.27. The summed E-state index contributed by atoms with van der Waals surface area (Å²) in [7, 11) is 0. The Labute approximate surface area is 100 Å². The van der Waals surface area contributed by atoms with Crippen LogP contribution in [0.2, 0.25) is 0 Å². The zero-order valence-electron chi connectivity index (χ0n) is 10.3. The first-order chi connectivity index (χ1) is 7.81. The SMILES string of the molecule is CC(N)C(C)(C)NC(=O)Nc1cccc(F)c1. The second kappa shape index (κ2) is 5.14. The Balaban J connectivity index is 2.62. The molecule has 0 aliphatic rings. The van der Waals surface area contributed by atoms with E-state index in [0.29, 0.717) is 5.69 Å². The van der Waals surface area contributed by atoms with Crippen LogP contribution in [-0.2, 0) is 0 Å². The third-order valence-electron chi connectivity index (χ3n) is 2.66. The third kappa shape index (κ3) is 4.03. The number of halogens is 1. The van der Waals surface area contributed by atoms with Gasteiger partial charge in [0.1, 0.15) is 5.82 Å². The van der Waals surface area contributed by atoms with E-state index in [1.165, 1.54) is 18.2 Å². The summed E-state index contributed by atoms with van der Waals surface area (Å²) in [6.07, 6.45) is 0. The molecule has 1 unspecified atom stereocenters. The Morgan fingerprint density at radius 1 is 1.47 bits per heavy atom. The van der Waals surface area contributed by atoms with E-state index < -0.39 is 17.4 Å². The van der Waals surface area contributed by atoms with Gasteiger partial charge in [0.15, 0.2) is 0 Å². The second-order valence-electron chi connectivity index (χ2n) is 4.60. The third-order valence-corrected chi connectivity index (χ3v) is 2.66. The van der Waals surface area contributed by atoms with Gasteiger partial charge >= 0.3 is 6.03 Å². The van der Waals surface area contributed by atoms with Crippen LogP contribution in [0.4, 0.5) is 14.9 Å². The lowest BCUT2D eigenvalue weighted by molar-refractivity contribution is 0.237. The Morgan fingerprint density at radius 3 is 2.65 bits per heavy atom. The highest BCUT2D eigenvalue weighted by Gasteiger charge is 2.24. The van der Waals surface area contributed by atoms with Crippen LogP contribution >= 0.6 is 0 Å². The molecule has 0 aliphatic heterocycles. The van der Waals surface area contributed by atoms with Crippen LogP contribution in [-0.4, -0.2) is 17.6 Å². The molecule has 0 saturated heterocycles. The number of carbonyl (C=O) groups is 1. The highest BCUT2D eigenvalue weighted by Crippen LogP contribution is 2.10. The van der Waals surface area contributed by atoms with E-state index in [9.17, 15) is 9.18 Å². The van der Waals surface area contributed by atoms with Gasteiger partial charge in [0, 0.05) is 11.7 Å². The van der Waals surface area contributed by atoms with Crippen molar-refractivity contribution in [1.82, 2.24) is 5.32 Å². The molecule has 0 saturated carbocycles. The number of hydrogen-bond donors (Lipinski definition) is 3. The molecule has 5 heteroatoms. The molecule has 17 heavy (non-hydrogen) atoms. The lowest BCUT2D eigenvalue weighted by atomic mass is 9.97. The summed E-state index contributed by atoms with van der Waals surface area (Å²) in [6, 6.07) is 5.11. The Bertz CT molecular complexity index is 404. The minimum absolute atomic E-state index is 0.194. The van der Waals surface area contributed by atoms with Crippen molar-refractivity contribution in [1.29, 1.82) is 0 Å². The summed E-state index contributed by atoms with van der Waals surface area (Å²) in [6.45, 7) is 5.45. The van der Waals surface area contributed by atoms with Gasteiger partial charge in [-0.1, -0.05) is 6.07 Å². The molecule has 1 aromatic rings. The molecule has 0 heterocycles. The first-order valence-corrected chi connectivity index (χ1v) is 5.41. The number of nitrogens with two attached hydrogens (primary N) is 1. The number of anilines is 1. The van der Waals surface area contributed by atoms with Crippen molar-refractivity contribution < 1.29 is 9.18 Å². The monoisotopic (exact) mass is 239 g/mol. The lowest BCUT2D eigenvalue weighted by Crippen LogP contribution is -2.55. The zero-order chi connectivity index (χ0) is 13.1. The molecule has 0 fully saturated rings. The standard InChI is InChI=1S/C12H18FN3O/c1-8(14)12(2,3)16-11(17)15-10-6-4-5-9(13)7-10/h4-8H,14H2,1-3H3,(H2,15,16,17). The summed E-state index contributed by atoms with van der Waals surface area (Å²) in [5.74, 6) is -0.394. The van der Waals surface area contributed by atoms with Gasteiger partial charge in [-0.05, 0) is 39.0 Å². The van der Waals surface area contributed by atoms with Crippen molar-refractivity contribution in [2.45, 2.75) is 32.4 Å². The molecule has 0 spiro atoms.